The maximum absolute atomic E-state index is 11.8. The standard InChI is InChI=1S/C16H11NO2/c18-12-17-15-9-6-13(7-10-15)8-11-16(19)14-4-2-1-3-5-14/h1-11H. The van der Waals surface area contributed by atoms with E-state index >= 15 is 0 Å². The second-order valence-corrected chi connectivity index (χ2v) is 3.86. The lowest BCUT2D eigenvalue weighted by Gasteiger charge is -1.95. The van der Waals surface area contributed by atoms with Crippen LogP contribution in [0.5, 0.6) is 0 Å². The van der Waals surface area contributed by atoms with Crippen molar-refractivity contribution in [3.05, 3.63) is 71.8 Å². The van der Waals surface area contributed by atoms with Gasteiger partial charge in [-0.25, -0.2) is 4.79 Å². The highest BCUT2D eigenvalue weighted by molar-refractivity contribution is 6.06. The Balaban J connectivity index is 2.10. The fourth-order valence-electron chi connectivity index (χ4n) is 1.58. The molecule has 2 rings (SSSR count). The molecular weight excluding hydrogens is 238 g/mol. The van der Waals surface area contributed by atoms with Crippen molar-refractivity contribution in [2.75, 3.05) is 0 Å². The third-order valence-electron chi connectivity index (χ3n) is 2.55. The van der Waals surface area contributed by atoms with Crippen LogP contribution < -0.4 is 0 Å². The molecule has 0 fully saturated rings. The number of benzene rings is 2. The molecule has 0 radical (unpaired) electrons. The summed E-state index contributed by atoms with van der Waals surface area (Å²) in [4.78, 5) is 25.4. The molecule has 2 aromatic carbocycles. The van der Waals surface area contributed by atoms with Gasteiger partial charge in [-0.1, -0.05) is 48.5 Å². The fourth-order valence-corrected chi connectivity index (χ4v) is 1.58. The summed E-state index contributed by atoms with van der Waals surface area (Å²) in [5.74, 6) is -0.0458. The van der Waals surface area contributed by atoms with Gasteiger partial charge in [0.25, 0.3) is 0 Å². The van der Waals surface area contributed by atoms with Crippen molar-refractivity contribution in [1.29, 1.82) is 0 Å². The normalized spacial score (nSPS) is 10.1. The third-order valence-corrected chi connectivity index (χ3v) is 2.55. The average Bonchev–Trinajstić information content (AvgIpc) is 2.47. The van der Waals surface area contributed by atoms with Crippen molar-refractivity contribution in [3.8, 4) is 0 Å². The fraction of sp³-hybridized carbons (Fsp3) is 0. The number of rotatable bonds is 4. The Kier molecular flexibility index (Phi) is 4.17. The minimum absolute atomic E-state index is 0.0458. The number of ketones is 1. The van der Waals surface area contributed by atoms with Gasteiger partial charge in [0, 0.05) is 5.56 Å². The molecule has 0 heterocycles. The Morgan fingerprint density at radius 2 is 1.68 bits per heavy atom. The van der Waals surface area contributed by atoms with Crippen molar-refractivity contribution in [2.45, 2.75) is 0 Å². The zero-order valence-corrected chi connectivity index (χ0v) is 10.1. The van der Waals surface area contributed by atoms with Crippen LogP contribution in [0.1, 0.15) is 15.9 Å². The summed E-state index contributed by atoms with van der Waals surface area (Å²) in [6, 6.07) is 16.0. The first-order valence-corrected chi connectivity index (χ1v) is 5.75. The zero-order chi connectivity index (χ0) is 13.5. The third kappa shape index (κ3) is 3.60. The van der Waals surface area contributed by atoms with Gasteiger partial charge in [-0.15, -0.1) is 0 Å². The van der Waals surface area contributed by atoms with Crippen molar-refractivity contribution in [2.24, 2.45) is 4.99 Å². The van der Waals surface area contributed by atoms with Crippen LogP contribution in [-0.2, 0) is 4.79 Å². The number of carbonyl (C=O) groups is 1. The lowest BCUT2D eigenvalue weighted by Crippen LogP contribution is -1.92. The summed E-state index contributed by atoms with van der Waals surface area (Å²) < 4.78 is 0. The Labute approximate surface area is 110 Å². The first kappa shape index (κ1) is 12.7. The van der Waals surface area contributed by atoms with Crippen LogP contribution in [0.25, 0.3) is 6.08 Å². The molecule has 0 unspecified atom stereocenters. The molecular formula is C16H11NO2. The highest BCUT2D eigenvalue weighted by atomic mass is 16.1. The van der Waals surface area contributed by atoms with E-state index in [-0.39, 0.29) is 5.78 Å². The van der Waals surface area contributed by atoms with E-state index in [0.29, 0.717) is 11.3 Å². The minimum Gasteiger partial charge on any atom is -0.289 e. The van der Waals surface area contributed by atoms with E-state index in [4.69, 9.17) is 0 Å². The van der Waals surface area contributed by atoms with Gasteiger partial charge < -0.3 is 0 Å². The van der Waals surface area contributed by atoms with E-state index in [1.54, 1.807) is 42.5 Å². The van der Waals surface area contributed by atoms with Gasteiger partial charge in [-0.3, -0.25) is 4.79 Å². The predicted molar refractivity (Wildman–Crippen MR) is 74.0 cm³/mol. The molecule has 0 saturated carbocycles. The first-order chi connectivity index (χ1) is 9.29. The number of aliphatic imine (C=N–C) groups is 1. The van der Waals surface area contributed by atoms with E-state index in [1.807, 2.05) is 18.2 Å². The Morgan fingerprint density at radius 3 is 2.32 bits per heavy atom. The van der Waals surface area contributed by atoms with Gasteiger partial charge in [-0.2, -0.15) is 4.99 Å². The van der Waals surface area contributed by atoms with Crippen LogP contribution in [0.4, 0.5) is 5.69 Å². The Bertz CT molecular complexity index is 636. The minimum atomic E-state index is -0.0458. The molecule has 2 aromatic rings. The van der Waals surface area contributed by atoms with E-state index in [1.165, 1.54) is 12.2 Å². The van der Waals surface area contributed by atoms with Crippen LogP contribution in [0.2, 0.25) is 0 Å². The number of hydrogen-bond acceptors (Lipinski definition) is 3. The monoisotopic (exact) mass is 249 g/mol. The summed E-state index contributed by atoms with van der Waals surface area (Å²) in [6.07, 6.45) is 4.73. The number of allylic oxidation sites excluding steroid dienone is 1. The van der Waals surface area contributed by atoms with E-state index in [0.717, 1.165) is 5.56 Å². The number of carbonyl (C=O) groups excluding carboxylic acids is 2. The first-order valence-electron chi connectivity index (χ1n) is 5.75. The highest BCUT2D eigenvalue weighted by Crippen LogP contribution is 2.13. The van der Waals surface area contributed by atoms with E-state index in [9.17, 15) is 9.59 Å². The van der Waals surface area contributed by atoms with Crippen LogP contribution >= 0.6 is 0 Å². The number of isocyanates is 1. The molecule has 0 atom stereocenters. The van der Waals surface area contributed by atoms with Gasteiger partial charge >= 0.3 is 0 Å². The smallest absolute Gasteiger partial charge is 0.240 e. The molecule has 3 nitrogen and oxygen atoms in total. The SMILES string of the molecule is O=C=Nc1ccc(C=CC(=O)c2ccccc2)cc1. The second-order valence-electron chi connectivity index (χ2n) is 3.86. The van der Waals surface area contributed by atoms with E-state index in [2.05, 4.69) is 4.99 Å². The van der Waals surface area contributed by atoms with Crippen LogP contribution in [0.3, 0.4) is 0 Å². The summed E-state index contributed by atoms with van der Waals surface area (Å²) in [5, 5.41) is 0. The van der Waals surface area contributed by atoms with Gasteiger partial charge in [0.05, 0.1) is 5.69 Å². The van der Waals surface area contributed by atoms with Gasteiger partial charge in [0.15, 0.2) is 5.78 Å². The average molecular weight is 249 g/mol. The molecule has 92 valence electrons. The number of nitrogens with zero attached hydrogens (tertiary/aromatic N) is 1. The summed E-state index contributed by atoms with van der Waals surface area (Å²) >= 11 is 0. The van der Waals surface area contributed by atoms with E-state index < -0.39 is 0 Å². The largest absolute Gasteiger partial charge is 0.289 e. The maximum Gasteiger partial charge on any atom is 0.240 e. The maximum atomic E-state index is 11.8. The predicted octanol–water partition coefficient (Wildman–Crippen LogP) is 3.55. The van der Waals surface area contributed by atoms with Crippen LogP contribution in [0.15, 0.2) is 65.7 Å². The molecule has 19 heavy (non-hydrogen) atoms. The lowest BCUT2D eigenvalue weighted by molar-refractivity contribution is 0.104. The highest BCUT2D eigenvalue weighted by Gasteiger charge is 1.99. The van der Waals surface area contributed by atoms with Crippen molar-refractivity contribution in [3.63, 3.8) is 0 Å². The topological polar surface area (TPSA) is 46.5 Å². The second kappa shape index (κ2) is 6.24. The van der Waals surface area contributed by atoms with Crippen LogP contribution in [0, 0.1) is 0 Å². The summed E-state index contributed by atoms with van der Waals surface area (Å²) in [6.45, 7) is 0. The molecule has 0 aliphatic carbocycles. The Morgan fingerprint density at radius 1 is 1.00 bits per heavy atom. The van der Waals surface area contributed by atoms with Crippen molar-refractivity contribution >= 4 is 23.6 Å². The zero-order valence-electron chi connectivity index (χ0n) is 10.1. The van der Waals surface area contributed by atoms with Gasteiger partial charge in [0.1, 0.15) is 0 Å². The molecule has 0 N–H and O–H groups in total. The lowest BCUT2D eigenvalue weighted by atomic mass is 10.1. The molecule has 0 amide bonds. The van der Waals surface area contributed by atoms with Gasteiger partial charge in [0.2, 0.25) is 6.08 Å². The molecule has 0 bridgehead atoms. The number of hydrogen-bond donors (Lipinski definition) is 0. The van der Waals surface area contributed by atoms with Gasteiger partial charge in [-0.05, 0) is 23.8 Å². The molecule has 3 heteroatoms. The summed E-state index contributed by atoms with van der Waals surface area (Å²) in [7, 11) is 0. The molecule has 0 saturated heterocycles. The van der Waals surface area contributed by atoms with Crippen molar-refractivity contribution < 1.29 is 9.59 Å². The Hall–Kier alpha value is -2.77. The molecule has 0 aliphatic rings. The molecule has 0 aliphatic heterocycles. The van der Waals surface area contributed by atoms with Crippen LogP contribution in [-0.4, -0.2) is 11.9 Å². The quantitative estimate of drug-likeness (QED) is 0.360. The molecule has 0 aromatic heterocycles. The summed E-state index contributed by atoms with van der Waals surface area (Å²) in [5.41, 5.74) is 2.07. The molecule has 0 spiro atoms. The van der Waals surface area contributed by atoms with Crippen molar-refractivity contribution in [1.82, 2.24) is 0 Å².